The lowest BCUT2D eigenvalue weighted by atomic mass is 9.79. The molecule has 0 aliphatic heterocycles. The lowest BCUT2D eigenvalue weighted by molar-refractivity contribution is -0.164. The Morgan fingerprint density at radius 2 is 1.61 bits per heavy atom. The first-order chi connectivity index (χ1) is 18.7. The van der Waals surface area contributed by atoms with Crippen LogP contribution in [-0.4, -0.2) is 89.6 Å². The van der Waals surface area contributed by atoms with Crippen LogP contribution in [0.5, 0.6) is 0 Å². The van der Waals surface area contributed by atoms with Crippen LogP contribution >= 0.6 is 19.6 Å². The van der Waals surface area contributed by atoms with Gasteiger partial charge in [-0.2, -0.15) is 11.8 Å². The average Bonchev–Trinajstić information content (AvgIpc) is 2.85. The molecule has 2 amide bonds. The Bertz CT molecular complexity index is 920. The number of carbonyl (C=O) groups is 4. The fourth-order valence-electron chi connectivity index (χ4n) is 3.25. The lowest BCUT2D eigenvalue weighted by Crippen LogP contribution is -2.47. The van der Waals surface area contributed by atoms with Crippen LogP contribution in [-0.2, 0) is 42.3 Å². The normalized spacial score (nSPS) is 14.5. The fraction of sp³-hybridized carbons (Fsp3) is 0.852. The van der Waals surface area contributed by atoms with Crippen molar-refractivity contribution in [3.8, 4) is 0 Å². The van der Waals surface area contributed by atoms with Crippen LogP contribution in [0.1, 0.15) is 82.1 Å². The predicted octanol–water partition coefficient (Wildman–Crippen LogP) is 3.94. The lowest BCUT2D eigenvalue weighted by Gasteiger charge is -2.44. The van der Waals surface area contributed by atoms with E-state index in [1.165, 1.54) is 0 Å². The molecule has 2 atom stereocenters. The molecule has 0 aliphatic rings. The fourth-order valence-corrected chi connectivity index (χ4v) is 5.26. The van der Waals surface area contributed by atoms with Gasteiger partial charge in [0.25, 0.3) is 0 Å². The first kappa shape index (κ1) is 39.3. The summed E-state index contributed by atoms with van der Waals surface area (Å²) in [5.74, 6) is -0.787. The van der Waals surface area contributed by atoms with Crippen LogP contribution in [0.4, 0.5) is 0 Å². The van der Waals surface area contributed by atoms with Crippen LogP contribution in [0.3, 0.4) is 0 Å². The molecule has 0 heterocycles. The minimum absolute atomic E-state index is 0.0204. The van der Waals surface area contributed by atoms with Gasteiger partial charge in [-0.05, 0) is 33.1 Å². The van der Waals surface area contributed by atoms with Crippen molar-refractivity contribution in [2.75, 3.05) is 45.2 Å². The van der Waals surface area contributed by atoms with Gasteiger partial charge in [0.05, 0.1) is 18.6 Å². The highest BCUT2D eigenvalue weighted by atomic mass is 32.2. The van der Waals surface area contributed by atoms with Crippen molar-refractivity contribution in [1.29, 1.82) is 0 Å². The minimum atomic E-state index is -4.53. The van der Waals surface area contributed by atoms with Crippen molar-refractivity contribution in [2.45, 2.75) is 92.9 Å². The molecule has 14 heteroatoms. The number of nitrogens with one attached hydrogen (secondary N) is 1. The van der Waals surface area contributed by atoms with Crippen molar-refractivity contribution in [1.82, 2.24) is 10.2 Å². The van der Waals surface area contributed by atoms with E-state index in [0.717, 1.165) is 6.92 Å². The molecule has 0 rings (SSSR count). The molecule has 0 aromatic rings. The molecular formula is C27H51N2O10PS. The number of phosphoric acid groups is 1. The highest BCUT2D eigenvalue weighted by Crippen LogP contribution is 2.43. The number of nitrogens with zero attached hydrogens (tertiary/aromatic N) is 1. The summed E-state index contributed by atoms with van der Waals surface area (Å²) in [7, 11) is -4.53. The van der Waals surface area contributed by atoms with Crippen LogP contribution < -0.4 is 5.32 Å². The number of hydrogen-bond acceptors (Lipinski definition) is 10. The first-order valence-corrected chi connectivity index (χ1v) is 16.3. The Balaban J connectivity index is 4.57. The number of carbonyl (C=O) groups excluding carboxylic acids is 4. The van der Waals surface area contributed by atoms with E-state index in [9.17, 15) is 28.6 Å². The molecule has 0 saturated carbocycles. The van der Waals surface area contributed by atoms with Gasteiger partial charge >= 0.3 is 19.8 Å². The van der Waals surface area contributed by atoms with E-state index in [4.69, 9.17) is 18.5 Å². The van der Waals surface area contributed by atoms with Gasteiger partial charge < -0.3 is 24.6 Å². The molecule has 41 heavy (non-hydrogen) atoms. The zero-order valence-electron chi connectivity index (χ0n) is 26.4. The SMILES string of the molecule is CCC(=O)N(CC)CC(C)(C)C(C)(C)SCCC(=O)NCCOP(=O)(O)OCC(COC(=O)C(C)(C)C)OC(C)=O. The Kier molecular flexibility index (Phi) is 16.7. The third-order valence-electron chi connectivity index (χ3n) is 6.49. The van der Waals surface area contributed by atoms with E-state index in [1.807, 2.05) is 18.7 Å². The number of ether oxygens (including phenoxy) is 2. The molecule has 0 spiro atoms. The zero-order chi connectivity index (χ0) is 32.1. The van der Waals surface area contributed by atoms with Crippen LogP contribution in [0.25, 0.3) is 0 Å². The van der Waals surface area contributed by atoms with E-state index >= 15 is 0 Å². The maximum absolute atomic E-state index is 12.3. The molecule has 0 radical (unpaired) electrons. The van der Waals surface area contributed by atoms with E-state index in [1.54, 1.807) is 32.5 Å². The second-order valence-corrected chi connectivity index (χ2v) is 15.0. The standard InChI is InChI=1S/C27H51N2O10PS/c1-11-23(32)29(12-2)19-26(7,8)27(9,10)41-16-13-22(31)28-14-15-37-40(34,35)38-18-21(39-20(3)30)17-36-24(33)25(4,5)6/h21H,11-19H2,1-10H3,(H,28,31)(H,34,35). The molecule has 0 aromatic heterocycles. The topological polar surface area (TPSA) is 158 Å². The molecule has 0 bridgehead atoms. The molecule has 0 aromatic carbocycles. The summed E-state index contributed by atoms with van der Waals surface area (Å²) >= 11 is 1.65. The number of phosphoric ester groups is 1. The zero-order valence-corrected chi connectivity index (χ0v) is 28.1. The Morgan fingerprint density at radius 3 is 2.12 bits per heavy atom. The van der Waals surface area contributed by atoms with Crippen molar-refractivity contribution in [2.24, 2.45) is 10.8 Å². The highest BCUT2D eigenvalue weighted by molar-refractivity contribution is 8.00. The number of esters is 2. The second kappa shape index (κ2) is 17.5. The van der Waals surface area contributed by atoms with Crippen molar-refractivity contribution in [3.63, 3.8) is 0 Å². The van der Waals surface area contributed by atoms with Gasteiger partial charge in [0.15, 0.2) is 6.10 Å². The average molecular weight is 627 g/mol. The van der Waals surface area contributed by atoms with Gasteiger partial charge in [-0.3, -0.25) is 28.2 Å². The molecular weight excluding hydrogens is 575 g/mol. The van der Waals surface area contributed by atoms with Crippen molar-refractivity contribution < 1.29 is 47.2 Å². The highest BCUT2D eigenvalue weighted by Gasteiger charge is 2.39. The van der Waals surface area contributed by atoms with E-state index in [-0.39, 0.29) is 48.2 Å². The molecule has 12 nitrogen and oxygen atoms in total. The quantitative estimate of drug-likeness (QED) is 0.122. The Hall–Kier alpha value is -1.66. The molecule has 2 unspecified atom stereocenters. The van der Waals surface area contributed by atoms with E-state index < -0.39 is 37.9 Å². The van der Waals surface area contributed by atoms with Gasteiger partial charge in [-0.15, -0.1) is 0 Å². The van der Waals surface area contributed by atoms with Gasteiger partial charge in [0.2, 0.25) is 11.8 Å². The summed E-state index contributed by atoms with van der Waals surface area (Å²) in [5.41, 5.74) is -0.979. The third-order valence-corrected chi connectivity index (χ3v) is 9.16. The third kappa shape index (κ3) is 16.0. The predicted molar refractivity (Wildman–Crippen MR) is 158 cm³/mol. The van der Waals surface area contributed by atoms with Gasteiger partial charge in [-0.25, -0.2) is 4.57 Å². The van der Waals surface area contributed by atoms with Crippen molar-refractivity contribution >= 4 is 43.3 Å². The van der Waals surface area contributed by atoms with Gasteiger partial charge in [0, 0.05) is 49.9 Å². The second-order valence-electron chi connectivity index (χ2n) is 11.8. The molecule has 240 valence electrons. The largest absolute Gasteiger partial charge is 0.472 e. The maximum Gasteiger partial charge on any atom is 0.472 e. The molecule has 0 saturated heterocycles. The molecule has 2 N–H and O–H groups in total. The van der Waals surface area contributed by atoms with Crippen LogP contribution in [0, 0.1) is 10.8 Å². The summed E-state index contributed by atoms with van der Waals surface area (Å²) in [4.78, 5) is 59.5. The summed E-state index contributed by atoms with van der Waals surface area (Å²) in [6, 6.07) is 0. The molecule has 0 fully saturated rings. The molecule has 0 aliphatic carbocycles. The maximum atomic E-state index is 12.3. The Morgan fingerprint density at radius 1 is 1.00 bits per heavy atom. The van der Waals surface area contributed by atoms with Crippen molar-refractivity contribution in [3.05, 3.63) is 0 Å². The number of amides is 2. The first-order valence-electron chi connectivity index (χ1n) is 13.8. The van der Waals surface area contributed by atoms with Gasteiger partial charge in [-0.1, -0.05) is 34.6 Å². The summed E-state index contributed by atoms with van der Waals surface area (Å²) in [6.45, 7) is 18.4. The van der Waals surface area contributed by atoms with Crippen LogP contribution in [0.2, 0.25) is 0 Å². The smallest absolute Gasteiger partial charge is 0.461 e. The monoisotopic (exact) mass is 626 g/mol. The summed E-state index contributed by atoms with van der Waals surface area (Å²) in [5, 5.41) is 2.64. The number of rotatable bonds is 19. The van der Waals surface area contributed by atoms with E-state index in [0.29, 0.717) is 25.3 Å². The minimum Gasteiger partial charge on any atom is -0.461 e. The van der Waals surface area contributed by atoms with Gasteiger partial charge in [0.1, 0.15) is 6.61 Å². The Labute approximate surface area is 249 Å². The van der Waals surface area contributed by atoms with E-state index in [2.05, 4.69) is 33.0 Å². The van der Waals surface area contributed by atoms with Crippen LogP contribution in [0.15, 0.2) is 0 Å². The number of hydrogen-bond donors (Lipinski definition) is 2. The number of thioether (sulfide) groups is 1. The summed E-state index contributed by atoms with van der Waals surface area (Å²) in [6.07, 6.45) is -0.408. The summed E-state index contributed by atoms with van der Waals surface area (Å²) < 4.78 is 31.8.